The van der Waals surface area contributed by atoms with E-state index in [1.807, 2.05) is 6.07 Å². The van der Waals surface area contributed by atoms with Crippen LogP contribution in [-0.2, 0) is 5.41 Å². The van der Waals surface area contributed by atoms with Crippen molar-refractivity contribution in [2.75, 3.05) is 0 Å². The van der Waals surface area contributed by atoms with Gasteiger partial charge in [0.2, 0.25) is 0 Å². The lowest BCUT2D eigenvalue weighted by Crippen LogP contribution is -2.14. The SMILES string of the molecule is CC1(C)c2ccccc2-c2ccc(-c3cc(-c4ccc(-c5cc(-n6c7ccccc7c7ccccc76)cc(-n6c7ccccc7c7ccccc76)c5)c5ccccc45)nc(-c4ccccc4)n3)cc21. The molecule has 0 fully saturated rings. The third-order valence-corrected chi connectivity index (χ3v) is 14.7. The van der Waals surface area contributed by atoms with Gasteiger partial charge in [-0.15, -0.1) is 0 Å². The summed E-state index contributed by atoms with van der Waals surface area (Å²) in [5.41, 5.74) is 19.2. The van der Waals surface area contributed by atoms with Crippen LogP contribution in [-0.4, -0.2) is 19.1 Å². The Morgan fingerprint density at radius 2 is 0.754 bits per heavy atom. The van der Waals surface area contributed by atoms with Gasteiger partial charge in [0.15, 0.2) is 5.82 Å². The Kier molecular flexibility index (Phi) is 8.59. The van der Waals surface area contributed by atoms with Crippen molar-refractivity contribution in [2.45, 2.75) is 19.3 Å². The van der Waals surface area contributed by atoms with E-state index in [2.05, 4.69) is 247 Å². The summed E-state index contributed by atoms with van der Waals surface area (Å²) in [6.07, 6.45) is 0. The second kappa shape index (κ2) is 15.1. The Morgan fingerprint density at radius 1 is 0.304 bits per heavy atom. The predicted octanol–water partition coefficient (Wildman–Crippen LogP) is 16.8. The van der Waals surface area contributed by atoms with Crippen LogP contribution in [0.3, 0.4) is 0 Å². The van der Waals surface area contributed by atoms with E-state index in [0.29, 0.717) is 5.82 Å². The van der Waals surface area contributed by atoms with Gasteiger partial charge in [-0.3, -0.25) is 0 Å². The number of hydrogen-bond donors (Lipinski definition) is 0. The number of benzene rings is 10. The first-order chi connectivity index (χ1) is 34.0. The van der Waals surface area contributed by atoms with E-state index < -0.39 is 0 Å². The zero-order valence-corrected chi connectivity index (χ0v) is 38.2. The third-order valence-electron chi connectivity index (χ3n) is 14.7. The molecule has 4 nitrogen and oxygen atoms in total. The normalized spacial score (nSPS) is 12.9. The summed E-state index contributed by atoms with van der Waals surface area (Å²) < 4.78 is 4.88. The Labute approximate surface area is 400 Å². The monoisotopic (exact) mass is 880 g/mol. The average molecular weight is 881 g/mol. The minimum atomic E-state index is -0.133. The number of para-hydroxylation sites is 4. The summed E-state index contributed by atoms with van der Waals surface area (Å²) in [5.74, 6) is 0.703. The van der Waals surface area contributed by atoms with Gasteiger partial charge in [-0.25, -0.2) is 9.97 Å². The van der Waals surface area contributed by atoms with E-state index in [0.717, 1.165) is 61.4 Å². The maximum atomic E-state index is 5.38. The van der Waals surface area contributed by atoms with Crippen molar-refractivity contribution in [2.24, 2.45) is 0 Å². The fraction of sp³-hybridized carbons (Fsp3) is 0.0462. The van der Waals surface area contributed by atoms with Gasteiger partial charge in [-0.05, 0) is 98.8 Å². The first-order valence-corrected chi connectivity index (χ1v) is 23.8. The molecule has 3 heterocycles. The first kappa shape index (κ1) is 39.3. The average Bonchev–Trinajstić information content (AvgIpc) is 4.01. The van der Waals surface area contributed by atoms with Crippen molar-refractivity contribution < 1.29 is 0 Å². The molecule has 324 valence electrons. The molecule has 14 rings (SSSR count). The van der Waals surface area contributed by atoms with E-state index in [1.54, 1.807) is 0 Å². The maximum Gasteiger partial charge on any atom is 0.160 e. The zero-order valence-electron chi connectivity index (χ0n) is 38.2. The Balaban J connectivity index is 0.992. The lowest BCUT2D eigenvalue weighted by molar-refractivity contribution is 0.660. The largest absolute Gasteiger partial charge is 0.309 e. The van der Waals surface area contributed by atoms with E-state index >= 15 is 0 Å². The highest BCUT2D eigenvalue weighted by molar-refractivity contribution is 6.11. The quantitative estimate of drug-likeness (QED) is 0.167. The fourth-order valence-corrected chi connectivity index (χ4v) is 11.5. The van der Waals surface area contributed by atoms with Gasteiger partial charge in [-0.2, -0.15) is 0 Å². The van der Waals surface area contributed by atoms with Gasteiger partial charge < -0.3 is 9.13 Å². The molecular formula is C65H44N4. The molecule has 0 unspecified atom stereocenters. The molecule has 13 aromatic rings. The lowest BCUT2D eigenvalue weighted by Gasteiger charge is -2.22. The molecule has 3 aromatic heterocycles. The minimum absolute atomic E-state index is 0.133. The van der Waals surface area contributed by atoms with Crippen molar-refractivity contribution in [3.63, 3.8) is 0 Å². The van der Waals surface area contributed by atoms with Crippen molar-refractivity contribution in [1.29, 1.82) is 0 Å². The smallest absolute Gasteiger partial charge is 0.160 e. The summed E-state index contributed by atoms with van der Waals surface area (Å²) in [5, 5.41) is 7.23. The molecule has 0 saturated carbocycles. The molecule has 0 aliphatic heterocycles. The van der Waals surface area contributed by atoms with Crippen molar-refractivity contribution in [1.82, 2.24) is 19.1 Å². The molecule has 1 aliphatic carbocycles. The number of nitrogens with zero attached hydrogens (tertiary/aromatic N) is 4. The van der Waals surface area contributed by atoms with Crippen LogP contribution in [0.15, 0.2) is 231 Å². The zero-order chi connectivity index (χ0) is 45.8. The molecule has 0 amide bonds. The van der Waals surface area contributed by atoms with Gasteiger partial charge >= 0.3 is 0 Å². The van der Waals surface area contributed by atoms with Gasteiger partial charge in [0.25, 0.3) is 0 Å². The topological polar surface area (TPSA) is 35.6 Å². The molecule has 0 atom stereocenters. The molecule has 0 radical (unpaired) electrons. The van der Waals surface area contributed by atoms with Crippen LogP contribution < -0.4 is 0 Å². The second-order valence-corrected chi connectivity index (χ2v) is 18.9. The summed E-state index contributed by atoms with van der Waals surface area (Å²) in [4.78, 5) is 10.7. The van der Waals surface area contributed by atoms with Crippen LogP contribution in [0.4, 0.5) is 0 Å². The van der Waals surface area contributed by atoms with E-state index in [9.17, 15) is 0 Å². The maximum absolute atomic E-state index is 5.38. The van der Waals surface area contributed by atoms with Gasteiger partial charge in [0, 0.05) is 55.0 Å². The van der Waals surface area contributed by atoms with E-state index in [4.69, 9.17) is 9.97 Å². The van der Waals surface area contributed by atoms with Gasteiger partial charge in [-0.1, -0.05) is 190 Å². The number of hydrogen-bond acceptors (Lipinski definition) is 2. The molecule has 0 saturated heterocycles. The number of aromatic nitrogens is 4. The second-order valence-electron chi connectivity index (χ2n) is 18.9. The van der Waals surface area contributed by atoms with E-state index in [-0.39, 0.29) is 5.41 Å². The van der Waals surface area contributed by atoms with Crippen molar-refractivity contribution in [3.8, 4) is 67.5 Å². The molecule has 1 aliphatic rings. The van der Waals surface area contributed by atoms with Crippen LogP contribution in [0.25, 0.3) is 122 Å². The number of rotatable bonds is 6. The molecule has 4 heteroatoms. The standard InChI is InChI=1S/C65H44N4/c1-65(2)56-27-13-8-22-49(56)50-33-32-42(38-57(50)65)58-40-59(67-64(66-58)41-18-4-3-5-19-41)51-35-34-46(47-20-6-7-21-48(47)51)43-36-44(68-60-28-14-9-23-52(60)53-24-10-15-29-61(53)68)39-45(37-43)69-62-30-16-11-25-54(62)55-26-12-17-31-63(55)69/h3-40H,1-2H3. The van der Waals surface area contributed by atoms with Crippen molar-refractivity contribution >= 4 is 54.4 Å². The molecule has 10 aromatic carbocycles. The molecular weight excluding hydrogens is 837 g/mol. The van der Waals surface area contributed by atoms with Crippen LogP contribution in [0.5, 0.6) is 0 Å². The van der Waals surface area contributed by atoms with Crippen molar-refractivity contribution in [3.05, 3.63) is 242 Å². The van der Waals surface area contributed by atoms with Crippen LogP contribution in [0.1, 0.15) is 25.0 Å². The highest BCUT2D eigenvalue weighted by Crippen LogP contribution is 2.50. The molecule has 0 N–H and O–H groups in total. The molecule has 0 spiro atoms. The molecule has 69 heavy (non-hydrogen) atoms. The van der Waals surface area contributed by atoms with Crippen LogP contribution in [0.2, 0.25) is 0 Å². The first-order valence-electron chi connectivity index (χ1n) is 23.8. The minimum Gasteiger partial charge on any atom is -0.309 e. The Bertz CT molecular complexity index is 3990. The van der Waals surface area contributed by atoms with Crippen LogP contribution >= 0.6 is 0 Å². The molecule has 0 bridgehead atoms. The summed E-state index contributed by atoms with van der Waals surface area (Å²) >= 11 is 0. The van der Waals surface area contributed by atoms with E-state index in [1.165, 1.54) is 65.9 Å². The van der Waals surface area contributed by atoms with Crippen LogP contribution in [0, 0.1) is 0 Å². The third kappa shape index (κ3) is 6.02. The van der Waals surface area contributed by atoms with Gasteiger partial charge in [0.05, 0.1) is 33.5 Å². The number of fused-ring (bicyclic) bond motifs is 10. The summed E-state index contributed by atoms with van der Waals surface area (Å²) in [6, 6.07) is 83.9. The van der Waals surface area contributed by atoms with Gasteiger partial charge in [0.1, 0.15) is 0 Å². The summed E-state index contributed by atoms with van der Waals surface area (Å²) in [6.45, 7) is 4.67. The fourth-order valence-electron chi connectivity index (χ4n) is 11.5. The lowest BCUT2D eigenvalue weighted by atomic mass is 9.82. The Hall–Kier alpha value is -8.86. The summed E-state index contributed by atoms with van der Waals surface area (Å²) in [7, 11) is 0. The Morgan fingerprint density at radius 3 is 1.35 bits per heavy atom. The predicted molar refractivity (Wildman–Crippen MR) is 288 cm³/mol. The highest BCUT2D eigenvalue weighted by atomic mass is 15.0. The highest BCUT2D eigenvalue weighted by Gasteiger charge is 2.35.